The van der Waals surface area contributed by atoms with E-state index in [1.165, 1.54) is 0 Å². The van der Waals surface area contributed by atoms with Gasteiger partial charge in [-0.3, -0.25) is 20.0 Å². The Morgan fingerprint density at radius 3 is 1.27 bits per heavy atom. The van der Waals surface area contributed by atoms with Gasteiger partial charge in [0.1, 0.15) is 11.5 Å². The van der Waals surface area contributed by atoms with E-state index in [1.54, 1.807) is 91.8 Å². The van der Waals surface area contributed by atoms with Gasteiger partial charge in [0.05, 0.1) is 11.4 Å². The Balaban J connectivity index is 1.67. The van der Waals surface area contributed by atoms with Crippen LogP contribution in [0.2, 0.25) is 12.1 Å². The fourth-order valence-corrected chi connectivity index (χ4v) is 8.11. The summed E-state index contributed by atoms with van der Waals surface area (Å²) in [6, 6.07) is 19.1. The van der Waals surface area contributed by atoms with Gasteiger partial charge in [-0.2, -0.15) is 0 Å². The van der Waals surface area contributed by atoms with Crippen LogP contribution in [0.15, 0.2) is 80.6 Å². The third-order valence-corrected chi connectivity index (χ3v) is 13.2. The van der Waals surface area contributed by atoms with Crippen molar-refractivity contribution < 1.29 is 36.8 Å². The molecule has 0 atom stereocenters. The molecule has 3 aromatic carbocycles. The number of aliphatic imine (C=N–C) groups is 4. The maximum atomic E-state index is 10.5. The Labute approximate surface area is 285 Å². The predicted octanol–water partition coefficient (Wildman–Crippen LogP) is 5.97. The first-order valence-electron chi connectivity index (χ1n) is 15.4. The summed E-state index contributed by atoms with van der Waals surface area (Å²) >= 11 is 0. The van der Waals surface area contributed by atoms with Crippen molar-refractivity contribution in [3.05, 3.63) is 82.9 Å². The van der Waals surface area contributed by atoms with Gasteiger partial charge in [0.25, 0.3) is 0 Å². The van der Waals surface area contributed by atoms with Gasteiger partial charge in [0, 0.05) is 104 Å². The zero-order chi connectivity index (χ0) is 34.8. The molecule has 0 fully saturated rings. The summed E-state index contributed by atoms with van der Waals surface area (Å²) in [5.41, 5.74) is 3.90. The van der Waals surface area contributed by atoms with Crippen molar-refractivity contribution in [2.45, 2.75) is 24.9 Å². The molecule has 0 bridgehead atoms. The minimum atomic E-state index is -2.62. The molecule has 0 aliphatic carbocycles. The molecule has 0 heterocycles. The maximum Gasteiger partial charge on any atom is 0.500 e. The first-order valence-corrected chi connectivity index (χ1v) is 19.3. The number of phenols is 2. The molecular formula is C34H46N4O8Si2. The Bertz CT molecular complexity index is 1430. The van der Waals surface area contributed by atoms with E-state index < -0.39 is 17.6 Å². The largest absolute Gasteiger partial charge is 0.507 e. The Kier molecular flexibility index (Phi) is 15.9. The molecule has 14 heteroatoms. The highest BCUT2D eigenvalue weighted by Gasteiger charge is 2.37. The lowest BCUT2D eigenvalue weighted by Gasteiger charge is -2.23. The molecule has 3 rings (SSSR count). The highest BCUT2D eigenvalue weighted by Crippen LogP contribution is 2.29. The number of aromatic hydroxyl groups is 2. The van der Waals surface area contributed by atoms with Crippen molar-refractivity contribution >= 4 is 53.8 Å². The first kappa shape index (κ1) is 38.6. The highest BCUT2D eigenvalue weighted by molar-refractivity contribution is 6.60. The summed E-state index contributed by atoms with van der Waals surface area (Å²) in [5, 5.41) is 21.0. The Morgan fingerprint density at radius 1 is 0.542 bits per heavy atom. The van der Waals surface area contributed by atoms with E-state index in [1.807, 2.05) is 36.4 Å². The topological polar surface area (TPSA) is 145 Å². The fourth-order valence-electron chi connectivity index (χ4n) is 4.70. The molecule has 3 aromatic rings. The van der Waals surface area contributed by atoms with Gasteiger partial charge in [-0.1, -0.05) is 12.1 Å². The van der Waals surface area contributed by atoms with Crippen LogP contribution in [0.1, 0.15) is 35.1 Å². The summed E-state index contributed by atoms with van der Waals surface area (Å²) in [7, 11) is 4.33. The van der Waals surface area contributed by atoms with Gasteiger partial charge in [-0.25, -0.2) is 0 Å². The Hall–Kier alpha value is -3.87. The van der Waals surface area contributed by atoms with E-state index in [0.29, 0.717) is 47.7 Å². The van der Waals surface area contributed by atoms with E-state index in [4.69, 9.17) is 26.6 Å². The number of hydrogen-bond donors (Lipinski definition) is 2. The van der Waals surface area contributed by atoms with Crippen molar-refractivity contribution in [2.75, 3.05) is 55.7 Å². The third-order valence-electron chi connectivity index (χ3n) is 7.56. The van der Waals surface area contributed by atoms with Crippen molar-refractivity contribution in [3.63, 3.8) is 0 Å². The van der Waals surface area contributed by atoms with Crippen LogP contribution >= 0.6 is 0 Å². The second-order valence-electron chi connectivity index (χ2n) is 10.5. The van der Waals surface area contributed by atoms with Crippen LogP contribution in [0, 0.1) is 0 Å². The minimum Gasteiger partial charge on any atom is -0.507 e. The van der Waals surface area contributed by atoms with Gasteiger partial charge < -0.3 is 36.8 Å². The summed E-state index contributed by atoms with van der Waals surface area (Å²) in [4.78, 5) is 18.2. The summed E-state index contributed by atoms with van der Waals surface area (Å²) < 4.78 is 32.7. The van der Waals surface area contributed by atoms with E-state index in [-0.39, 0.29) is 11.5 Å². The van der Waals surface area contributed by atoms with Gasteiger partial charge in [0.15, 0.2) is 0 Å². The van der Waals surface area contributed by atoms with Crippen LogP contribution in [-0.4, -0.2) is 108 Å². The quantitative estimate of drug-likeness (QED) is 0.0836. The zero-order valence-corrected chi connectivity index (χ0v) is 30.5. The minimum absolute atomic E-state index is 0.0915. The van der Waals surface area contributed by atoms with Crippen LogP contribution in [-0.2, 0) is 26.6 Å². The molecule has 0 unspecified atom stereocenters. The molecule has 0 amide bonds. The van der Waals surface area contributed by atoms with E-state index >= 15 is 0 Å². The molecule has 0 aromatic heterocycles. The lowest BCUT2D eigenvalue weighted by molar-refractivity contribution is 0.122. The van der Waals surface area contributed by atoms with E-state index in [0.717, 1.165) is 24.0 Å². The second kappa shape index (κ2) is 19.8. The van der Waals surface area contributed by atoms with Crippen molar-refractivity contribution in [1.82, 2.24) is 0 Å². The molecular weight excluding hydrogens is 649 g/mol. The molecule has 258 valence electrons. The third kappa shape index (κ3) is 11.4. The van der Waals surface area contributed by atoms with Gasteiger partial charge in [-0.15, -0.1) is 0 Å². The average Bonchev–Trinajstić information content (AvgIpc) is 3.12. The molecule has 0 saturated heterocycles. The smallest absolute Gasteiger partial charge is 0.500 e. The van der Waals surface area contributed by atoms with Crippen LogP contribution in [0.3, 0.4) is 0 Å². The molecule has 48 heavy (non-hydrogen) atoms. The number of hydrogen-bond acceptors (Lipinski definition) is 12. The number of rotatable bonds is 20. The van der Waals surface area contributed by atoms with E-state index in [2.05, 4.69) is 20.0 Å². The molecule has 0 radical (unpaired) electrons. The highest BCUT2D eigenvalue weighted by atomic mass is 28.4. The van der Waals surface area contributed by atoms with Crippen LogP contribution < -0.4 is 0 Å². The van der Waals surface area contributed by atoms with Crippen LogP contribution in [0.5, 0.6) is 11.5 Å². The second-order valence-corrected chi connectivity index (χ2v) is 16.7. The standard InChI is InChI=1S/C34H46N4O8Si2/c1-41-47(42-2,43-3)19-9-17-35-23-27-13-15-33(39)29(21-27)25-37-31-11-7-8-12-32(31)38-26-30-22-28(14-16-34(30)40)24-36-18-10-20-48(44-4,45-5)46-6/h7-8,11-16,21-26,39-40H,9-10,17-20H2,1-6H3. The SMILES string of the molecule is CO[Si](CCCN=Cc1ccc(O)c(C=Nc2ccccc2N=Cc2cc(C=NCCC[Si](OC)(OC)OC)ccc2O)c1)(OC)OC. The number of phenolic OH excluding ortho intramolecular Hbond substituents is 2. The Morgan fingerprint density at radius 2 is 0.917 bits per heavy atom. The fraction of sp³-hybridized carbons (Fsp3) is 0.353. The normalized spacial score (nSPS) is 12.8. The van der Waals surface area contributed by atoms with Gasteiger partial charge in [0.2, 0.25) is 0 Å². The molecule has 0 aliphatic heterocycles. The van der Waals surface area contributed by atoms with Crippen molar-refractivity contribution in [2.24, 2.45) is 20.0 Å². The van der Waals surface area contributed by atoms with Crippen LogP contribution in [0.25, 0.3) is 0 Å². The number of nitrogens with zero attached hydrogens (tertiary/aromatic N) is 4. The molecule has 12 nitrogen and oxygen atoms in total. The lowest BCUT2D eigenvalue weighted by atomic mass is 10.1. The maximum absolute atomic E-state index is 10.5. The molecule has 0 spiro atoms. The van der Waals surface area contributed by atoms with E-state index in [9.17, 15) is 10.2 Å². The average molecular weight is 695 g/mol. The predicted molar refractivity (Wildman–Crippen MR) is 194 cm³/mol. The molecule has 0 aliphatic rings. The lowest BCUT2D eigenvalue weighted by Crippen LogP contribution is -2.42. The van der Waals surface area contributed by atoms with Gasteiger partial charge in [-0.05, 0) is 72.5 Å². The number of benzene rings is 3. The molecule has 0 saturated carbocycles. The zero-order valence-electron chi connectivity index (χ0n) is 28.5. The molecule has 2 N–H and O–H groups in total. The summed E-state index contributed by atoms with van der Waals surface area (Å²) in [5.74, 6) is 0.183. The van der Waals surface area contributed by atoms with Gasteiger partial charge >= 0.3 is 17.6 Å². The summed E-state index contributed by atoms with van der Waals surface area (Å²) in [6.07, 6.45) is 8.18. The van der Waals surface area contributed by atoms with Crippen LogP contribution in [0.4, 0.5) is 11.4 Å². The first-order chi connectivity index (χ1) is 23.3. The van der Waals surface area contributed by atoms with Crippen molar-refractivity contribution in [3.8, 4) is 11.5 Å². The monoisotopic (exact) mass is 694 g/mol. The summed E-state index contributed by atoms with van der Waals surface area (Å²) in [6.45, 7) is 1.15. The van der Waals surface area contributed by atoms with Crippen molar-refractivity contribution in [1.29, 1.82) is 0 Å². The number of para-hydroxylation sites is 2.